The normalized spacial score (nSPS) is 16.6. The van der Waals surface area contributed by atoms with Crippen LogP contribution in [0, 0.1) is 6.92 Å². The van der Waals surface area contributed by atoms with Crippen LogP contribution in [0.2, 0.25) is 5.02 Å². The first-order valence-corrected chi connectivity index (χ1v) is 5.40. The van der Waals surface area contributed by atoms with Crippen LogP contribution in [0.3, 0.4) is 0 Å². The Bertz CT molecular complexity index is 397. The van der Waals surface area contributed by atoms with Crippen molar-refractivity contribution < 1.29 is 0 Å². The maximum absolute atomic E-state index is 6.19. The Kier molecular flexibility index (Phi) is 2.93. The quantitative estimate of drug-likeness (QED) is 0.349. The highest BCUT2D eigenvalue weighted by Gasteiger charge is 2.22. The number of aliphatic imine (C=N–C) groups is 1. The molecule has 4 heteroatoms. The summed E-state index contributed by atoms with van der Waals surface area (Å²) < 4.78 is 0. The van der Waals surface area contributed by atoms with Crippen LogP contribution in [0.5, 0.6) is 0 Å². The Morgan fingerprint density at radius 3 is 2.87 bits per heavy atom. The number of nitrogens with two attached hydrogens (primary N) is 1. The van der Waals surface area contributed by atoms with Gasteiger partial charge >= 0.3 is 0 Å². The van der Waals surface area contributed by atoms with Gasteiger partial charge in [-0.05, 0) is 31.4 Å². The van der Waals surface area contributed by atoms with Crippen LogP contribution in [0.1, 0.15) is 24.0 Å². The SMILES string of the molecule is Cc1cccc(C(=NC2CC2)NN)c1Cl. The number of hydrogen-bond acceptors (Lipinski definition) is 2. The molecule has 1 saturated carbocycles. The zero-order chi connectivity index (χ0) is 10.8. The summed E-state index contributed by atoms with van der Waals surface area (Å²) in [4.78, 5) is 4.47. The second-order valence-corrected chi connectivity index (χ2v) is 4.17. The zero-order valence-electron chi connectivity index (χ0n) is 8.63. The number of rotatable bonds is 2. The molecule has 0 atom stereocenters. The molecule has 0 aliphatic heterocycles. The Balaban J connectivity index is 2.37. The van der Waals surface area contributed by atoms with Crippen molar-refractivity contribution in [2.24, 2.45) is 10.8 Å². The van der Waals surface area contributed by atoms with Gasteiger partial charge in [0.2, 0.25) is 0 Å². The molecule has 1 aliphatic carbocycles. The van der Waals surface area contributed by atoms with E-state index in [0.29, 0.717) is 11.9 Å². The van der Waals surface area contributed by atoms with Gasteiger partial charge in [-0.15, -0.1) is 0 Å². The minimum Gasteiger partial charge on any atom is -0.308 e. The van der Waals surface area contributed by atoms with Crippen molar-refractivity contribution in [1.29, 1.82) is 0 Å². The van der Waals surface area contributed by atoms with E-state index in [-0.39, 0.29) is 0 Å². The molecule has 1 fully saturated rings. The van der Waals surface area contributed by atoms with Crippen molar-refractivity contribution >= 4 is 17.4 Å². The molecule has 0 unspecified atom stereocenters. The van der Waals surface area contributed by atoms with E-state index in [1.807, 2.05) is 25.1 Å². The second kappa shape index (κ2) is 4.21. The van der Waals surface area contributed by atoms with Gasteiger partial charge in [0.05, 0.1) is 11.1 Å². The molecule has 0 radical (unpaired) electrons. The second-order valence-electron chi connectivity index (χ2n) is 3.79. The molecule has 0 aromatic heterocycles. The number of halogens is 1. The van der Waals surface area contributed by atoms with Crippen molar-refractivity contribution in [1.82, 2.24) is 5.43 Å². The maximum Gasteiger partial charge on any atom is 0.144 e. The summed E-state index contributed by atoms with van der Waals surface area (Å²) in [6.45, 7) is 1.97. The summed E-state index contributed by atoms with van der Waals surface area (Å²) in [5, 5.41) is 0.717. The lowest BCUT2D eigenvalue weighted by molar-refractivity contribution is 0.971. The summed E-state index contributed by atoms with van der Waals surface area (Å²) in [7, 11) is 0. The van der Waals surface area contributed by atoms with Crippen molar-refractivity contribution in [2.45, 2.75) is 25.8 Å². The summed E-state index contributed by atoms with van der Waals surface area (Å²) >= 11 is 6.19. The van der Waals surface area contributed by atoms with E-state index in [0.717, 1.165) is 29.0 Å². The summed E-state index contributed by atoms with van der Waals surface area (Å²) in [6.07, 6.45) is 2.29. The molecule has 3 nitrogen and oxygen atoms in total. The lowest BCUT2D eigenvalue weighted by Gasteiger charge is -2.09. The number of hydrazine groups is 1. The van der Waals surface area contributed by atoms with Crippen LogP contribution in [0.25, 0.3) is 0 Å². The number of nitrogens with one attached hydrogen (secondary N) is 1. The number of aryl methyl sites for hydroxylation is 1. The smallest absolute Gasteiger partial charge is 0.144 e. The minimum atomic E-state index is 0.424. The molecular formula is C11H14ClN3. The molecule has 1 aliphatic rings. The average Bonchev–Trinajstić information content (AvgIpc) is 3.03. The lowest BCUT2D eigenvalue weighted by Crippen LogP contribution is -2.31. The Morgan fingerprint density at radius 1 is 1.53 bits per heavy atom. The van der Waals surface area contributed by atoms with Gasteiger partial charge in [0.1, 0.15) is 5.84 Å². The number of nitrogens with zero attached hydrogens (tertiary/aromatic N) is 1. The van der Waals surface area contributed by atoms with Crippen molar-refractivity contribution in [3.63, 3.8) is 0 Å². The first kappa shape index (κ1) is 10.5. The average molecular weight is 224 g/mol. The first-order chi connectivity index (χ1) is 7.22. The molecule has 0 saturated heterocycles. The summed E-state index contributed by atoms with van der Waals surface area (Å²) in [5.74, 6) is 6.15. The Morgan fingerprint density at radius 2 is 2.27 bits per heavy atom. The van der Waals surface area contributed by atoms with Crippen molar-refractivity contribution in [3.8, 4) is 0 Å². The van der Waals surface area contributed by atoms with Crippen LogP contribution in [-0.2, 0) is 0 Å². The fourth-order valence-corrected chi connectivity index (χ4v) is 1.62. The van der Waals surface area contributed by atoms with Crippen LogP contribution >= 0.6 is 11.6 Å². The fraction of sp³-hybridized carbons (Fsp3) is 0.364. The van der Waals surface area contributed by atoms with Gasteiger partial charge in [0.25, 0.3) is 0 Å². The van der Waals surface area contributed by atoms with Gasteiger partial charge in [0.15, 0.2) is 0 Å². The fourth-order valence-electron chi connectivity index (χ4n) is 1.40. The molecule has 0 amide bonds. The molecule has 1 aromatic carbocycles. The van der Waals surface area contributed by atoms with Crippen molar-refractivity contribution in [2.75, 3.05) is 0 Å². The van der Waals surface area contributed by atoms with Crippen LogP contribution in [0.15, 0.2) is 23.2 Å². The molecular weight excluding hydrogens is 210 g/mol. The Hall–Kier alpha value is -1.06. The predicted molar refractivity (Wildman–Crippen MR) is 63.1 cm³/mol. The molecule has 0 bridgehead atoms. The van der Waals surface area contributed by atoms with E-state index < -0.39 is 0 Å². The van der Waals surface area contributed by atoms with E-state index in [4.69, 9.17) is 17.4 Å². The van der Waals surface area contributed by atoms with E-state index in [9.17, 15) is 0 Å². The van der Waals surface area contributed by atoms with E-state index >= 15 is 0 Å². The van der Waals surface area contributed by atoms with Crippen LogP contribution < -0.4 is 11.3 Å². The van der Waals surface area contributed by atoms with Crippen LogP contribution in [0.4, 0.5) is 0 Å². The third-order valence-corrected chi connectivity index (χ3v) is 2.94. The lowest BCUT2D eigenvalue weighted by atomic mass is 10.1. The first-order valence-electron chi connectivity index (χ1n) is 5.02. The van der Waals surface area contributed by atoms with Gasteiger partial charge in [-0.2, -0.15) is 0 Å². The maximum atomic E-state index is 6.19. The molecule has 1 aromatic rings. The van der Waals surface area contributed by atoms with E-state index in [1.54, 1.807) is 0 Å². The van der Waals surface area contributed by atoms with Gasteiger partial charge < -0.3 is 5.43 Å². The predicted octanol–water partition coefficient (Wildman–Crippen LogP) is 2.02. The zero-order valence-corrected chi connectivity index (χ0v) is 9.38. The van der Waals surface area contributed by atoms with E-state index in [2.05, 4.69) is 10.4 Å². The topological polar surface area (TPSA) is 50.4 Å². The minimum absolute atomic E-state index is 0.424. The third-order valence-electron chi connectivity index (χ3n) is 2.44. The van der Waals surface area contributed by atoms with Crippen molar-refractivity contribution in [3.05, 3.63) is 34.3 Å². The summed E-state index contributed by atoms with van der Waals surface area (Å²) in [5.41, 5.74) is 4.54. The highest BCUT2D eigenvalue weighted by atomic mass is 35.5. The van der Waals surface area contributed by atoms with Crippen LogP contribution in [-0.4, -0.2) is 11.9 Å². The Labute approximate surface area is 94.3 Å². The van der Waals surface area contributed by atoms with Gasteiger partial charge in [-0.1, -0.05) is 23.7 Å². The number of benzene rings is 1. The van der Waals surface area contributed by atoms with Gasteiger partial charge in [0, 0.05) is 5.56 Å². The standard InChI is InChI=1S/C11H14ClN3/c1-7-3-2-4-9(10(7)12)11(15-13)14-8-5-6-8/h2-4,8H,5-6,13H2,1H3,(H,14,15). The van der Waals surface area contributed by atoms with Gasteiger partial charge in [-0.25, -0.2) is 5.84 Å². The highest BCUT2D eigenvalue weighted by Crippen LogP contribution is 2.26. The molecule has 0 heterocycles. The van der Waals surface area contributed by atoms with Gasteiger partial charge in [-0.3, -0.25) is 4.99 Å². The molecule has 0 spiro atoms. The molecule has 15 heavy (non-hydrogen) atoms. The highest BCUT2D eigenvalue weighted by molar-refractivity contribution is 6.34. The van der Waals surface area contributed by atoms with E-state index in [1.165, 1.54) is 0 Å². The number of amidine groups is 1. The molecule has 3 N–H and O–H groups in total. The summed E-state index contributed by atoms with van der Waals surface area (Å²) in [6, 6.07) is 6.27. The monoisotopic (exact) mass is 223 g/mol. The molecule has 2 rings (SSSR count). The largest absolute Gasteiger partial charge is 0.308 e. The number of hydrogen-bond donors (Lipinski definition) is 2. The third kappa shape index (κ3) is 2.30. The molecule has 80 valence electrons.